The molecule has 0 heterocycles. The van der Waals surface area contributed by atoms with Crippen molar-refractivity contribution in [2.24, 2.45) is 5.41 Å². The van der Waals surface area contributed by atoms with Crippen molar-refractivity contribution in [3.8, 4) is 0 Å². The molecule has 8 heteroatoms. The van der Waals surface area contributed by atoms with Gasteiger partial charge in [-0.2, -0.15) is 8.78 Å². The molecule has 1 amide bonds. The fraction of sp³-hybridized carbons (Fsp3) is 0.778. The van der Waals surface area contributed by atoms with E-state index in [1.807, 2.05) is 0 Å². The van der Waals surface area contributed by atoms with Gasteiger partial charge in [-0.05, 0) is 12.8 Å². The summed E-state index contributed by atoms with van der Waals surface area (Å²) in [5.41, 5.74) is -1.72. The fourth-order valence-corrected chi connectivity index (χ4v) is 1.51. The minimum Gasteiger partial charge on any atom is -0.480 e. The first kappa shape index (κ1) is 13.7. The van der Waals surface area contributed by atoms with E-state index in [0.717, 1.165) is 0 Å². The van der Waals surface area contributed by atoms with E-state index in [0.29, 0.717) is 6.42 Å². The van der Waals surface area contributed by atoms with Crippen molar-refractivity contribution in [3.63, 3.8) is 0 Å². The normalized spacial score (nSPS) is 18.6. The van der Waals surface area contributed by atoms with E-state index in [4.69, 9.17) is 5.11 Å². The molecular weight excluding hydrogens is 246 g/mol. The second kappa shape index (κ2) is 4.50. The van der Waals surface area contributed by atoms with Crippen LogP contribution in [0.1, 0.15) is 19.3 Å². The first-order chi connectivity index (χ1) is 7.72. The number of rotatable bonds is 5. The van der Waals surface area contributed by atoms with E-state index >= 15 is 0 Å². The van der Waals surface area contributed by atoms with Crippen LogP contribution in [-0.2, 0) is 9.59 Å². The smallest absolute Gasteiger partial charge is 0.324 e. The summed E-state index contributed by atoms with van der Waals surface area (Å²) in [6.45, 7) is -1.56. The standard InChI is InChI=1S/C9H11F4NO3/c10-5(11)9(12,13)4-14-6(15)8(7(16)17)2-1-3-8/h5H,1-4H2,(H,14,15)(H,16,17). The van der Waals surface area contributed by atoms with Gasteiger partial charge in [0, 0.05) is 0 Å². The lowest BCUT2D eigenvalue weighted by atomic mass is 9.68. The van der Waals surface area contributed by atoms with Crippen molar-refractivity contribution in [2.45, 2.75) is 31.6 Å². The van der Waals surface area contributed by atoms with Gasteiger partial charge in [0.05, 0.1) is 6.54 Å². The number of halogens is 4. The number of hydrogen-bond acceptors (Lipinski definition) is 2. The van der Waals surface area contributed by atoms with Crippen LogP contribution in [0.4, 0.5) is 17.6 Å². The van der Waals surface area contributed by atoms with E-state index in [1.54, 1.807) is 5.32 Å². The largest absolute Gasteiger partial charge is 0.480 e. The molecular formula is C9H11F4NO3. The van der Waals surface area contributed by atoms with Gasteiger partial charge in [0.15, 0.2) is 0 Å². The Morgan fingerprint density at radius 2 is 1.88 bits per heavy atom. The second-order valence-electron chi connectivity index (χ2n) is 3.99. The Morgan fingerprint density at radius 3 is 2.18 bits per heavy atom. The van der Waals surface area contributed by atoms with Gasteiger partial charge in [-0.3, -0.25) is 9.59 Å². The number of carboxylic acids is 1. The lowest BCUT2D eigenvalue weighted by Gasteiger charge is -2.36. The summed E-state index contributed by atoms with van der Waals surface area (Å²) < 4.78 is 48.6. The Labute approximate surface area is 94.0 Å². The molecule has 1 aliphatic carbocycles. The molecule has 0 saturated heterocycles. The third-order valence-electron chi connectivity index (χ3n) is 2.86. The Morgan fingerprint density at radius 1 is 1.35 bits per heavy atom. The van der Waals surface area contributed by atoms with Crippen LogP contribution in [0, 0.1) is 5.41 Å². The third-order valence-corrected chi connectivity index (χ3v) is 2.86. The van der Waals surface area contributed by atoms with Crippen molar-refractivity contribution in [1.29, 1.82) is 0 Å². The zero-order valence-electron chi connectivity index (χ0n) is 8.68. The molecule has 0 radical (unpaired) electrons. The highest BCUT2D eigenvalue weighted by atomic mass is 19.3. The van der Waals surface area contributed by atoms with Gasteiger partial charge in [0.25, 0.3) is 0 Å². The Hall–Kier alpha value is -1.34. The van der Waals surface area contributed by atoms with Gasteiger partial charge in [-0.25, -0.2) is 8.78 Å². The van der Waals surface area contributed by atoms with E-state index in [2.05, 4.69) is 0 Å². The predicted octanol–water partition coefficient (Wildman–Crippen LogP) is 1.26. The summed E-state index contributed by atoms with van der Waals surface area (Å²) >= 11 is 0. The van der Waals surface area contributed by atoms with E-state index in [9.17, 15) is 27.2 Å². The maximum absolute atomic E-state index is 12.5. The van der Waals surface area contributed by atoms with Crippen molar-refractivity contribution in [1.82, 2.24) is 5.32 Å². The van der Waals surface area contributed by atoms with Gasteiger partial charge in [0.1, 0.15) is 5.41 Å². The molecule has 0 atom stereocenters. The lowest BCUT2D eigenvalue weighted by Crippen LogP contribution is -2.53. The summed E-state index contributed by atoms with van der Waals surface area (Å²) in [5, 5.41) is 10.4. The molecule has 0 bridgehead atoms. The Bertz CT molecular complexity index is 328. The molecule has 1 aliphatic rings. The van der Waals surface area contributed by atoms with Crippen LogP contribution >= 0.6 is 0 Å². The molecule has 4 nitrogen and oxygen atoms in total. The number of nitrogens with one attached hydrogen (secondary N) is 1. The van der Waals surface area contributed by atoms with Gasteiger partial charge in [0.2, 0.25) is 5.91 Å². The van der Waals surface area contributed by atoms with Crippen molar-refractivity contribution >= 4 is 11.9 Å². The summed E-state index contributed by atoms with van der Waals surface area (Å²) in [4.78, 5) is 22.2. The second-order valence-corrected chi connectivity index (χ2v) is 3.99. The number of hydrogen-bond donors (Lipinski definition) is 2. The molecule has 0 aromatic rings. The predicted molar refractivity (Wildman–Crippen MR) is 47.9 cm³/mol. The minimum atomic E-state index is -4.35. The SMILES string of the molecule is O=C(O)C1(C(=O)NCC(F)(F)C(F)F)CCC1. The summed E-state index contributed by atoms with van der Waals surface area (Å²) in [7, 11) is 0. The number of carboxylic acid groups (broad SMARTS) is 1. The average molecular weight is 257 g/mol. The number of aliphatic carboxylic acids is 1. The van der Waals surface area contributed by atoms with Crippen LogP contribution in [-0.4, -0.2) is 35.9 Å². The lowest BCUT2D eigenvalue weighted by molar-refractivity contribution is -0.164. The highest BCUT2D eigenvalue weighted by Gasteiger charge is 2.52. The topological polar surface area (TPSA) is 66.4 Å². The highest BCUT2D eigenvalue weighted by molar-refractivity contribution is 6.02. The molecule has 0 aliphatic heterocycles. The fourth-order valence-electron chi connectivity index (χ4n) is 1.51. The van der Waals surface area contributed by atoms with Crippen LogP contribution in [0.15, 0.2) is 0 Å². The van der Waals surface area contributed by atoms with Gasteiger partial charge >= 0.3 is 18.3 Å². The average Bonchev–Trinajstić information content (AvgIpc) is 2.12. The zero-order chi connectivity index (χ0) is 13.3. The molecule has 1 fully saturated rings. The van der Waals surface area contributed by atoms with Crippen LogP contribution in [0.2, 0.25) is 0 Å². The highest BCUT2D eigenvalue weighted by Crippen LogP contribution is 2.41. The third kappa shape index (κ3) is 2.50. The van der Waals surface area contributed by atoms with E-state index in [1.165, 1.54) is 0 Å². The number of amides is 1. The van der Waals surface area contributed by atoms with Crippen molar-refractivity contribution in [3.05, 3.63) is 0 Å². The first-order valence-electron chi connectivity index (χ1n) is 4.90. The van der Waals surface area contributed by atoms with E-state index in [-0.39, 0.29) is 12.8 Å². The molecule has 0 unspecified atom stereocenters. The van der Waals surface area contributed by atoms with Crippen LogP contribution in [0.25, 0.3) is 0 Å². The molecule has 0 aromatic heterocycles. The Balaban J connectivity index is 2.58. The molecule has 0 spiro atoms. The molecule has 17 heavy (non-hydrogen) atoms. The van der Waals surface area contributed by atoms with Crippen LogP contribution in [0.3, 0.4) is 0 Å². The zero-order valence-corrected chi connectivity index (χ0v) is 8.68. The first-order valence-corrected chi connectivity index (χ1v) is 4.90. The summed E-state index contributed by atoms with van der Waals surface area (Å²) in [6, 6.07) is 0. The number of alkyl halides is 4. The maximum atomic E-state index is 12.5. The van der Waals surface area contributed by atoms with Crippen molar-refractivity contribution < 1.29 is 32.3 Å². The molecule has 0 aromatic carbocycles. The van der Waals surface area contributed by atoms with Gasteiger partial charge < -0.3 is 10.4 Å². The van der Waals surface area contributed by atoms with Crippen LogP contribution < -0.4 is 5.32 Å². The molecule has 2 N–H and O–H groups in total. The van der Waals surface area contributed by atoms with Crippen LogP contribution in [0.5, 0.6) is 0 Å². The van der Waals surface area contributed by atoms with Crippen molar-refractivity contribution in [2.75, 3.05) is 6.54 Å². The van der Waals surface area contributed by atoms with Gasteiger partial charge in [-0.15, -0.1) is 0 Å². The maximum Gasteiger partial charge on any atom is 0.324 e. The molecule has 1 rings (SSSR count). The number of carbonyl (C=O) groups excluding carboxylic acids is 1. The Kier molecular flexibility index (Phi) is 3.63. The van der Waals surface area contributed by atoms with E-state index < -0.39 is 36.2 Å². The molecule has 98 valence electrons. The number of carbonyl (C=O) groups is 2. The van der Waals surface area contributed by atoms with Gasteiger partial charge in [-0.1, -0.05) is 6.42 Å². The monoisotopic (exact) mass is 257 g/mol. The summed E-state index contributed by atoms with van der Waals surface area (Å²) in [6.07, 6.45) is -3.33. The minimum absolute atomic E-state index is 0.0361. The summed E-state index contributed by atoms with van der Waals surface area (Å²) in [5.74, 6) is -6.89. The molecule has 1 saturated carbocycles. The quantitative estimate of drug-likeness (QED) is 0.575.